The molecule has 1 aromatic rings. The largest absolute Gasteiger partial charge is 0.478 e. The molecule has 0 spiro atoms. The molecule has 0 heterocycles. The Balaban J connectivity index is 2.85. The van der Waals surface area contributed by atoms with E-state index in [4.69, 9.17) is 5.11 Å². The number of aromatic carboxylic acids is 1. The maximum Gasteiger partial charge on any atom is 0.335 e. The van der Waals surface area contributed by atoms with Crippen molar-refractivity contribution in [1.29, 1.82) is 0 Å². The number of carboxylic acid groups (broad SMARTS) is 1. The van der Waals surface area contributed by atoms with Gasteiger partial charge in [0.05, 0.1) is 5.56 Å². The third kappa shape index (κ3) is 2.03. The molecule has 3 nitrogen and oxygen atoms in total. The first-order valence-electron chi connectivity index (χ1n) is 3.20. The summed E-state index contributed by atoms with van der Waals surface area (Å²) in [5, 5.41) is 11.2. The quantitative estimate of drug-likeness (QED) is 0.548. The lowest BCUT2D eigenvalue weighted by molar-refractivity contribution is 0.0697. The highest BCUT2D eigenvalue weighted by Crippen LogP contribution is 2.08. The van der Waals surface area contributed by atoms with Crippen LogP contribution in [0.25, 0.3) is 0 Å². The predicted molar refractivity (Wildman–Crippen MR) is 49.6 cm³/mol. The van der Waals surface area contributed by atoms with Gasteiger partial charge in [-0.3, -0.25) is 0 Å². The van der Waals surface area contributed by atoms with Crippen LogP contribution in [0.4, 0.5) is 5.69 Å². The zero-order chi connectivity index (χ0) is 8.97. The average Bonchev–Trinajstić information content (AvgIpc) is 2.06. The van der Waals surface area contributed by atoms with Crippen molar-refractivity contribution in [2.24, 2.45) is 0 Å². The Morgan fingerprint density at radius 2 is 2.00 bits per heavy atom. The monoisotopic (exact) mass is 180 g/mol. The Hall–Kier alpha value is -1.42. The fourth-order valence-electron chi connectivity index (χ4n) is 0.755. The molecule has 0 aromatic heterocycles. The summed E-state index contributed by atoms with van der Waals surface area (Å²) in [4.78, 5) is 10.4. The minimum absolute atomic E-state index is 0.255. The summed E-state index contributed by atoms with van der Waals surface area (Å²) in [7, 11) is 0. The van der Waals surface area contributed by atoms with Crippen molar-refractivity contribution in [2.75, 3.05) is 5.32 Å². The number of rotatable bonds is 3. The van der Waals surface area contributed by atoms with Crippen LogP contribution in [0.2, 0.25) is 0 Å². The summed E-state index contributed by atoms with van der Waals surface area (Å²) in [6.45, 7) is 0. The Morgan fingerprint density at radius 1 is 1.42 bits per heavy atom. The highest BCUT2D eigenvalue weighted by molar-refractivity contribution is 7.79. The average molecular weight is 180 g/mol. The van der Waals surface area contributed by atoms with E-state index in [0.29, 0.717) is 0 Å². The summed E-state index contributed by atoms with van der Waals surface area (Å²) >= 11 is 4.44. The predicted octanol–water partition coefficient (Wildman–Crippen LogP) is 1.63. The molecule has 0 saturated heterocycles. The van der Waals surface area contributed by atoms with Gasteiger partial charge in [-0.1, -0.05) is 12.2 Å². The molecule has 0 amide bonds. The third-order valence-corrected chi connectivity index (χ3v) is 1.43. The first-order valence-corrected chi connectivity index (χ1v) is 3.61. The van der Waals surface area contributed by atoms with Crippen LogP contribution in [0, 0.1) is 0 Å². The number of nitrogens with one attached hydrogen (secondary N) is 1. The Labute approximate surface area is 75.0 Å². The topological polar surface area (TPSA) is 49.3 Å². The molecule has 1 rings (SSSR count). The van der Waals surface area contributed by atoms with Crippen LogP contribution in [-0.4, -0.2) is 16.6 Å². The number of thiocarbonyl (C=S) groups is 1. The van der Waals surface area contributed by atoms with Crippen LogP contribution in [0.5, 0.6) is 0 Å². The number of carboxylic acids is 1. The second-order valence-corrected chi connectivity index (χ2v) is 2.31. The van der Waals surface area contributed by atoms with Gasteiger partial charge in [-0.25, -0.2) is 4.79 Å². The summed E-state index contributed by atoms with van der Waals surface area (Å²) in [5.41, 5.74) is 3.30. The highest BCUT2D eigenvalue weighted by atomic mass is 32.1. The van der Waals surface area contributed by atoms with Crippen LogP contribution in [0.3, 0.4) is 0 Å². The number of hydrogen-bond donors (Lipinski definition) is 2. The fraction of sp³-hybridized carbons (Fsp3) is 0. The van der Waals surface area contributed by atoms with Crippen molar-refractivity contribution in [1.82, 2.24) is 0 Å². The van der Waals surface area contributed by atoms with Crippen LogP contribution >= 0.6 is 12.2 Å². The summed E-state index contributed by atoms with van der Waals surface area (Å²) in [6.07, 6.45) is 0. The van der Waals surface area contributed by atoms with Gasteiger partial charge < -0.3 is 10.4 Å². The van der Waals surface area contributed by atoms with Crippen molar-refractivity contribution >= 4 is 29.4 Å². The van der Waals surface area contributed by atoms with E-state index in [1.54, 1.807) is 12.1 Å². The van der Waals surface area contributed by atoms with E-state index in [9.17, 15) is 4.79 Å². The van der Waals surface area contributed by atoms with E-state index >= 15 is 0 Å². The smallest absolute Gasteiger partial charge is 0.335 e. The van der Waals surface area contributed by atoms with Crippen molar-refractivity contribution in [2.45, 2.75) is 0 Å². The molecule has 1 aromatic carbocycles. The van der Waals surface area contributed by atoms with Gasteiger partial charge in [0.15, 0.2) is 0 Å². The zero-order valence-corrected chi connectivity index (χ0v) is 6.89. The Morgan fingerprint density at radius 3 is 2.42 bits per heavy atom. The molecule has 0 atom stereocenters. The lowest BCUT2D eigenvalue weighted by Crippen LogP contribution is -1.97. The van der Waals surface area contributed by atoms with Crippen molar-refractivity contribution in [3.05, 3.63) is 29.8 Å². The molecular formula is C8H6NO2S. The molecule has 0 aliphatic rings. The van der Waals surface area contributed by atoms with E-state index in [-0.39, 0.29) is 5.56 Å². The van der Waals surface area contributed by atoms with Crippen molar-refractivity contribution < 1.29 is 9.90 Å². The molecule has 2 N–H and O–H groups in total. The summed E-state index contributed by atoms with van der Waals surface area (Å²) < 4.78 is 0. The molecular weight excluding hydrogens is 174 g/mol. The highest BCUT2D eigenvalue weighted by Gasteiger charge is 1.99. The van der Waals surface area contributed by atoms with Gasteiger partial charge in [0, 0.05) is 5.69 Å². The molecule has 0 saturated carbocycles. The molecule has 0 aliphatic heterocycles. The van der Waals surface area contributed by atoms with Gasteiger partial charge in [-0.15, -0.1) is 0 Å². The molecule has 0 fully saturated rings. The van der Waals surface area contributed by atoms with Gasteiger partial charge in [0.2, 0.25) is 0 Å². The van der Waals surface area contributed by atoms with E-state index in [2.05, 4.69) is 23.0 Å². The van der Waals surface area contributed by atoms with Gasteiger partial charge in [-0.05, 0) is 24.3 Å². The Bertz CT molecular complexity index is 294. The molecule has 1 radical (unpaired) electrons. The lowest BCUT2D eigenvalue weighted by atomic mass is 10.2. The number of benzene rings is 1. The van der Waals surface area contributed by atoms with Crippen molar-refractivity contribution in [3.8, 4) is 0 Å². The number of hydrogen-bond acceptors (Lipinski definition) is 2. The molecule has 61 valence electrons. The van der Waals surface area contributed by atoms with E-state index in [0.717, 1.165) is 5.69 Å². The summed E-state index contributed by atoms with van der Waals surface area (Å²) in [5.74, 6) is -0.937. The SMILES string of the molecule is O=C(O)c1ccc(N[C]=S)cc1. The van der Waals surface area contributed by atoms with Crippen LogP contribution in [-0.2, 0) is 0 Å². The number of carbonyl (C=O) groups is 1. The summed E-state index contributed by atoms with van der Waals surface area (Å²) in [6, 6.07) is 6.25. The maximum atomic E-state index is 10.4. The van der Waals surface area contributed by atoms with Gasteiger partial charge >= 0.3 is 5.97 Å². The minimum atomic E-state index is -0.937. The molecule has 12 heavy (non-hydrogen) atoms. The molecule has 4 heteroatoms. The first kappa shape index (κ1) is 8.67. The zero-order valence-electron chi connectivity index (χ0n) is 6.07. The van der Waals surface area contributed by atoms with Crippen LogP contribution < -0.4 is 5.32 Å². The number of anilines is 1. The Kier molecular flexibility index (Phi) is 2.76. The van der Waals surface area contributed by atoms with E-state index in [1.165, 1.54) is 12.1 Å². The fourth-order valence-corrected chi connectivity index (χ4v) is 0.873. The standard InChI is InChI=1S/C8H6NO2S/c10-8(11)6-1-3-7(4-2-6)9-5-12/h1-4H,(H,9,12)(H,10,11). The first-order chi connectivity index (χ1) is 5.74. The molecule has 0 bridgehead atoms. The van der Waals surface area contributed by atoms with Gasteiger partial charge in [0.25, 0.3) is 0 Å². The molecule has 0 aliphatic carbocycles. The lowest BCUT2D eigenvalue weighted by Gasteiger charge is -1.98. The van der Waals surface area contributed by atoms with Gasteiger partial charge in [-0.2, -0.15) is 0 Å². The van der Waals surface area contributed by atoms with Crippen molar-refractivity contribution in [3.63, 3.8) is 0 Å². The maximum absolute atomic E-state index is 10.4. The van der Waals surface area contributed by atoms with Crippen LogP contribution in [0.15, 0.2) is 24.3 Å². The second kappa shape index (κ2) is 3.82. The third-order valence-electron chi connectivity index (χ3n) is 1.33. The van der Waals surface area contributed by atoms with Gasteiger partial charge in [0.1, 0.15) is 5.49 Å². The normalized spacial score (nSPS) is 9.00. The second-order valence-electron chi connectivity index (χ2n) is 2.11. The van der Waals surface area contributed by atoms with E-state index in [1.807, 2.05) is 0 Å². The van der Waals surface area contributed by atoms with Crippen LogP contribution in [0.1, 0.15) is 10.4 Å². The molecule has 0 unspecified atom stereocenters. The minimum Gasteiger partial charge on any atom is -0.478 e. The van der Waals surface area contributed by atoms with E-state index < -0.39 is 5.97 Å².